The van der Waals surface area contributed by atoms with Crippen molar-refractivity contribution < 1.29 is 14.3 Å². The van der Waals surface area contributed by atoms with Crippen molar-refractivity contribution in [2.75, 3.05) is 11.1 Å². The molecule has 3 rings (SSSR count). The normalized spacial score (nSPS) is 10.5. The van der Waals surface area contributed by atoms with Crippen molar-refractivity contribution in [1.29, 1.82) is 0 Å². The number of allylic oxidation sites excluding steroid dienone is 1. The van der Waals surface area contributed by atoms with Crippen LogP contribution in [0.15, 0.2) is 66.3 Å². The number of rotatable bonds is 10. The summed E-state index contributed by atoms with van der Waals surface area (Å²) in [4.78, 5) is 23.9. The maximum absolute atomic E-state index is 12.4. The first kappa shape index (κ1) is 22.3. The molecule has 0 saturated carbocycles. The highest BCUT2D eigenvalue weighted by Crippen LogP contribution is 2.20. The zero-order valence-electron chi connectivity index (χ0n) is 17.5. The number of ether oxygens (including phenoxy) is 1. The molecule has 1 amide bonds. The first-order chi connectivity index (χ1) is 15.0. The third-order valence-electron chi connectivity index (χ3n) is 4.35. The molecule has 0 aliphatic carbocycles. The van der Waals surface area contributed by atoms with E-state index in [1.54, 1.807) is 30.3 Å². The van der Waals surface area contributed by atoms with Gasteiger partial charge >= 0.3 is 0 Å². The second-order valence-electron chi connectivity index (χ2n) is 6.88. The summed E-state index contributed by atoms with van der Waals surface area (Å²) in [5, 5.41) is 11.8. The van der Waals surface area contributed by atoms with Gasteiger partial charge in [-0.3, -0.25) is 14.2 Å². The molecule has 0 bridgehead atoms. The highest BCUT2D eigenvalue weighted by molar-refractivity contribution is 7.99. The number of hydrogen-bond acceptors (Lipinski definition) is 6. The van der Waals surface area contributed by atoms with E-state index in [-0.39, 0.29) is 24.1 Å². The van der Waals surface area contributed by atoms with Crippen molar-refractivity contribution >= 4 is 29.1 Å². The molecule has 0 fully saturated rings. The second-order valence-corrected chi connectivity index (χ2v) is 7.82. The highest BCUT2D eigenvalue weighted by Gasteiger charge is 2.14. The molecule has 0 unspecified atom stereocenters. The number of hydrogen-bond donors (Lipinski definition) is 1. The molecule has 0 saturated heterocycles. The molecule has 2 aromatic carbocycles. The Morgan fingerprint density at radius 2 is 2.00 bits per heavy atom. The van der Waals surface area contributed by atoms with Crippen molar-refractivity contribution in [3.8, 4) is 5.75 Å². The molecule has 3 aromatic rings. The number of aryl methyl sites for hydroxylation is 1. The van der Waals surface area contributed by atoms with Gasteiger partial charge in [-0.1, -0.05) is 42.1 Å². The van der Waals surface area contributed by atoms with Crippen LogP contribution < -0.4 is 10.1 Å². The third-order valence-corrected chi connectivity index (χ3v) is 5.31. The average molecular weight is 437 g/mol. The number of aromatic nitrogens is 3. The Kier molecular flexibility index (Phi) is 7.61. The molecule has 0 atom stereocenters. The van der Waals surface area contributed by atoms with Gasteiger partial charge in [-0.2, -0.15) is 0 Å². The largest absolute Gasteiger partial charge is 0.486 e. The highest BCUT2D eigenvalue weighted by atomic mass is 32.2. The first-order valence-corrected chi connectivity index (χ1v) is 10.7. The number of thioether (sulfide) groups is 1. The van der Waals surface area contributed by atoms with Crippen LogP contribution in [0.2, 0.25) is 0 Å². The fourth-order valence-electron chi connectivity index (χ4n) is 2.84. The molecule has 1 aromatic heterocycles. The summed E-state index contributed by atoms with van der Waals surface area (Å²) in [7, 11) is 0. The Morgan fingerprint density at radius 3 is 2.74 bits per heavy atom. The Bertz CT molecular complexity index is 1090. The van der Waals surface area contributed by atoms with Crippen LogP contribution in [0.25, 0.3) is 0 Å². The Morgan fingerprint density at radius 1 is 1.19 bits per heavy atom. The number of amides is 1. The average Bonchev–Trinajstić information content (AvgIpc) is 3.13. The van der Waals surface area contributed by atoms with E-state index in [1.807, 2.05) is 35.8 Å². The zero-order valence-corrected chi connectivity index (χ0v) is 18.3. The van der Waals surface area contributed by atoms with Crippen molar-refractivity contribution in [2.45, 2.75) is 32.2 Å². The number of carbonyl (C=O) groups is 2. The number of carbonyl (C=O) groups excluding carboxylic acids is 2. The van der Waals surface area contributed by atoms with Gasteiger partial charge in [-0.05, 0) is 43.7 Å². The minimum atomic E-state index is -0.198. The van der Waals surface area contributed by atoms with E-state index in [1.165, 1.54) is 18.7 Å². The Labute approximate surface area is 185 Å². The lowest BCUT2D eigenvalue weighted by Crippen LogP contribution is -2.15. The summed E-state index contributed by atoms with van der Waals surface area (Å²) in [6.45, 7) is 8.04. The molecule has 1 heterocycles. The van der Waals surface area contributed by atoms with E-state index < -0.39 is 0 Å². The van der Waals surface area contributed by atoms with Crippen LogP contribution in [0, 0.1) is 6.92 Å². The smallest absolute Gasteiger partial charge is 0.234 e. The van der Waals surface area contributed by atoms with Gasteiger partial charge in [0.2, 0.25) is 5.91 Å². The van der Waals surface area contributed by atoms with Gasteiger partial charge in [-0.25, -0.2) is 0 Å². The van der Waals surface area contributed by atoms with E-state index in [2.05, 4.69) is 22.1 Å². The van der Waals surface area contributed by atoms with Crippen LogP contribution in [-0.2, 0) is 17.9 Å². The lowest BCUT2D eigenvalue weighted by Gasteiger charge is -2.10. The van der Waals surface area contributed by atoms with Crippen molar-refractivity contribution in [1.82, 2.24) is 14.8 Å². The summed E-state index contributed by atoms with van der Waals surface area (Å²) >= 11 is 1.28. The lowest BCUT2D eigenvalue weighted by atomic mass is 10.1. The van der Waals surface area contributed by atoms with Crippen LogP contribution in [0.5, 0.6) is 5.75 Å². The molecule has 31 heavy (non-hydrogen) atoms. The number of anilines is 1. The van der Waals surface area contributed by atoms with Gasteiger partial charge in [-0.15, -0.1) is 16.8 Å². The van der Waals surface area contributed by atoms with E-state index in [0.29, 0.717) is 28.8 Å². The maximum atomic E-state index is 12.4. The van der Waals surface area contributed by atoms with E-state index in [4.69, 9.17) is 4.74 Å². The second kappa shape index (κ2) is 10.6. The van der Waals surface area contributed by atoms with Crippen LogP contribution >= 0.6 is 11.8 Å². The van der Waals surface area contributed by atoms with Gasteiger partial charge in [0.15, 0.2) is 16.8 Å². The number of ketones is 1. The van der Waals surface area contributed by atoms with Gasteiger partial charge in [0, 0.05) is 17.8 Å². The van der Waals surface area contributed by atoms with Crippen LogP contribution in [-0.4, -0.2) is 32.2 Å². The van der Waals surface area contributed by atoms with E-state index in [9.17, 15) is 9.59 Å². The number of Topliss-reactive ketones (excluding diaryl/α,β-unsaturated/α-hetero) is 1. The van der Waals surface area contributed by atoms with Crippen LogP contribution in [0.4, 0.5) is 5.69 Å². The third kappa shape index (κ3) is 6.29. The molecule has 8 heteroatoms. The minimum absolute atomic E-state index is 0.0524. The topological polar surface area (TPSA) is 86.1 Å². The molecular formula is C23H24N4O3S. The molecule has 7 nitrogen and oxygen atoms in total. The predicted molar refractivity (Wildman–Crippen MR) is 122 cm³/mol. The van der Waals surface area contributed by atoms with Gasteiger partial charge in [0.1, 0.15) is 12.4 Å². The number of benzene rings is 2. The molecule has 1 N–H and O–H groups in total. The molecule has 0 aliphatic rings. The molecule has 0 radical (unpaired) electrons. The van der Waals surface area contributed by atoms with Crippen molar-refractivity contribution in [3.63, 3.8) is 0 Å². The summed E-state index contributed by atoms with van der Waals surface area (Å²) in [5.41, 5.74) is 2.24. The summed E-state index contributed by atoms with van der Waals surface area (Å²) < 4.78 is 7.71. The van der Waals surface area contributed by atoms with Gasteiger partial charge in [0.25, 0.3) is 0 Å². The van der Waals surface area contributed by atoms with Gasteiger partial charge < -0.3 is 10.1 Å². The minimum Gasteiger partial charge on any atom is -0.486 e. The van der Waals surface area contributed by atoms with Crippen molar-refractivity contribution in [3.05, 3.63) is 78.1 Å². The van der Waals surface area contributed by atoms with Crippen LogP contribution in [0.3, 0.4) is 0 Å². The van der Waals surface area contributed by atoms with Gasteiger partial charge in [0.05, 0.1) is 5.75 Å². The SMILES string of the molecule is C=CCn1c(COc2cccc(C)c2)nnc1SCC(=O)Nc1cccc(C(C)=O)c1. The summed E-state index contributed by atoms with van der Waals surface area (Å²) in [6, 6.07) is 14.6. The molecule has 0 aliphatic heterocycles. The summed E-state index contributed by atoms with van der Waals surface area (Å²) in [6.07, 6.45) is 1.75. The van der Waals surface area contributed by atoms with E-state index >= 15 is 0 Å². The standard InChI is InChI=1S/C23H24N4O3S/c1-4-11-27-21(14-30-20-10-5-7-16(2)12-20)25-26-23(27)31-15-22(29)24-19-9-6-8-18(13-19)17(3)28/h4-10,12-13H,1,11,14-15H2,2-3H3,(H,24,29). The first-order valence-electron chi connectivity index (χ1n) is 9.72. The molecule has 0 spiro atoms. The molecule has 160 valence electrons. The van der Waals surface area contributed by atoms with E-state index in [0.717, 1.165) is 11.3 Å². The Hall–Kier alpha value is -3.39. The maximum Gasteiger partial charge on any atom is 0.234 e. The monoisotopic (exact) mass is 436 g/mol. The van der Waals surface area contributed by atoms with Crippen molar-refractivity contribution in [2.24, 2.45) is 0 Å². The fourth-order valence-corrected chi connectivity index (χ4v) is 3.61. The quantitative estimate of drug-likeness (QED) is 0.290. The number of nitrogens with zero attached hydrogens (tertiary/aromatic N) is 3. The lowest BCUT2D eigenvalue weighted by molar-refractivity contribution is -0.113. The number of nitrogens with one attached hydrogen (secondary N) is 1. The summed E-state index contributed by atoms with van der Waals surface area (Å²) in [5.74, 6) is 1.31. The Balaban J connectivity index is 1.61. The predicted octanol–water partition coefficient (Wildman–Crippen LogP) is 4.28. The molecular weight excluding hydrogens is 412 g/mol. The fraction of sp³-hybridized carbons (Fsp3) is 0.217. The zero-order chi connectivity index (χ0) is 22.2. The van der Waals surface area contributed by atoms with Crippen LogP contribution in [0.1, 0.15) is 28.7 Å².